The van der Waals surface area contributed by atoms with Gasteiger partial charge in [-0.05, 0) is 19.5 Å². The zero-order valence-electron chi connectivity index (χ0n) is 8.77. The van der Waals surface area contributed by atoms with Gasteiger partial charge >= 0.3 is 5.97 Å². The van der Waals surface area contributed by atoms with Crippen molar-refractivity contribution in [2.45, 2.75) is 13.3 Å². The van der Waals surface area contributed by atoms with Gasteiger partial charge in [0, 0.05) is 11.5 Å². The minimum absolute atomic E-state index is 0.133. The van der Waals surface area contributed by atoms with E-state index in [1.165, 1.54) is 0 Å². The third kappa shape index (κ3) is 18.8. The Bertz CT molecular complexity index is 243. The molecule has 84 valence electrons. The van der Waals surface area contributed by atoms with Crippen LogP contribution in [0.4, 0.5) is 0 Å². The number of carbonyl (C=O) groups excluding carboxylic acids is 1. The number of nitrogens with zero attached hydrogens (tertiary/aromatic N) is 3. The van der Waals surface area contributed by atoms with Crippen LogP contribution in [0.2, 0.25) is 0 Å². The molecule has 0 heterocycles. The molecule has 0 bridgehead atoms. The Balaban J connectivity index is 0. The van der Waals surface area contributed by atoms with E-state index in [0.29, 0.717) is 19.6 Å². The Morgan fingerprint density at radius 3 is 2.73 bits per heavy atom. The van der Waals surface area contributed by atoms with Crippen LogP contribution in [-0.2, 0) is 14.4 Å². The summed E-state index contributed by atoms with van der Waals surface area (Å²) in [4.78, 5) is 16.4. The van der Waals surface area contributed by atoms with E-state index < -0.39 is 0 Å². The first-order chi connectivity index (χ1) is 7.22. The van der Waals surface area contributed by atoms with Crippen LogP contribution in [0, 0.1) is 12.5 Å². The Hall–Kier alpha value is -1.90. The number of nitrogens with one attached hydrogen (secondary N) is 1. The fourth-order valence-electron chi connectivity index (χ4n) is 0.502. The Labute approximate surface area is 88.3 Å². The SMILES string of the molecule is C#CON=[N+]=[N-].CCOC(=O)CCNC. The first-order valence-electron chi connectivity index (χ1n) is 4.19. The average molecular weight is 214 g/mol. The van der Waals surface area contributed by atoms with Gasteiger partial charge in [0.1, 0.15) is 11.4 Å². The number of hydrogen-bond acceptors (Lipinski definition) is 5. The molecular weight excluding hydrogens is 200 g/mol. The molecule has 0 spiro atoms. The summed E-state index contributed by atoms with van der Waals surface area (Å²) >= 11 is 0. The third-order valence-corrected chi connectivity index (χ3v) is 1.01. The van der Waals surface area contributed by atoms with Crippen LogP contribution >= 0.6 is 0 Å². The van der Waals surface area contributed by atoms with E-state index in [0.717, 1.165) is 0 Å². The molecule has 7 nitrogen and oxygen atoms in total. The lowest BCUT2D eigenvalue weighted by Crippen LogP contribution is -2.14. The van der Waals surface area contributed by atoms with Gasteiger partial charge in [0.05, 0.1) is 13.0 Å². The van der Waals surface area contributed by atoms with Crippen LogP contribution < -0.4 is 5.32 Å². The highest BCUT2D eigenvalue weighted by Crippen LogP contribution is 1.82. The molecule has 0 saturated carbocycles. The van der Waals surface area contributed by atoms with Crippen molar-refractivity contribution in [1.29, 1.82) is 0 Å². The highest BCUT2D eigenvalue weighted by Gasteiger charge is 1.97. The molecular formula is C8H14N4O3. The number of carbonyl (C=O) groups is 1. The predicted molar refractivity (Wildman–Crippen MR) is 54.2 cm³/mol. The molecule has 0 fully saturated rings. The molecule has 0 rings (SSSR count). The Morgan fingerprint density at radius 1 is 1.73 bits per heavy atom. The van der Waals surface area contributed by atoms with Crippen LogP contribution in [-0.4, -0.2) is 26.2 Å². The highest BCUT2D eigenvalue weighted by atomic mass is 16.6. The van der Waals surface area contributed by atoms with Crippen molar-refractivity contribution in [3.63, 3.8) is 0 Å². The predicted octanol–water partition coefficient (Wildman–Crippen LogP) is 0.978. The second-order valence-corrected chi connectivity index (χ2v) is 2.04. The first kappa shape index (κ1) is 15.6. The van der Waals surface area contributed by atoms with E-state index in [-0.39, 0.29) is 5.97 Å². The van der Waals surface area contributed by atoms with E-state index in [4.69, 9.17) is 5.53 Å². The lowest BCUT2D eigenvalue weighted by molar-refractivity contribution is -0.142. The molecule has 0 aliphatic rings. The molecule has 0 unspecified atom stereocenters. The Kier molecular flexibility index (Phi) is 15.2. The molecule has 7 heteroatoms. The molecule has 15 heavy (non-hydrogen) atoms. The summed E-state index contributed by atoms with van der Waals surface area (Å²) in [6.45, 7) is 2.97. The van der Waals surface area contributed by atoms with Crippen LogP contribution in [0.15, 0.2) is 5.28 Å². The van der Waals surface area contributed by atoms with Gasteiger partial charge < -0.3 is 14.9 Å². The summed E-state index contributed by atoms with van der Waals surface area (Å²) in [6, 6.07) is 0. The van der Waals surface area contributed by atoms with Gasteiger partial charge in [-0.2, -0.15) is 0 Å². The summed E-state index contributed by atoms with van der Waals surface area (Å²) in [7, 11) is 1.80. The average Bonchev–Trinajstić information content (AvgIpc) is 2.25. The van der Waals surface area contributed by atoms with Crippen molar-refractivity contribution < 1.29 is 14.4 Å². The smallest absolute Gasteiger partial charge is 0.307 e. The van der Waals surface area contributed by atoms with Crippen molar-refractivity contribution in [3.05, 3.63) is 10.4 Å². The molecule has 0 aliphatic carbocycles. The minimum Gasteiger partial charge on any atom is -0.466 e. The lowest BCUT2D eigenvalue weighted by atomic mass is 10.4. The van der Waals surface area contributed by atoms with E-state index in [2.05, 4.69) is 31.5 Å². The number of esters is 1. The summed E-state index contributed by atoms with van der Waals surface area (Å²) in [6.07, 6.45) is 6.59. The maximum atomic E-state index is 10.5. The van der Waals surface area contributed by atoms with Crippen molar-refractivity contribution in [2.75, 3.05) is 20.2 Å². The number of terminal acetylenes is 1. The zero-order valence-corrected chi connectivity index (χ0v) is 8.77. The standard InChI is InChI=1S/C6H13NO2.C2HN3O/c1-3-9-6(8)4-5-7-2;1-2-6-5-4-3/h7H,3-5H2,1-2H3;1H. The summed E-state index contributed by atoms with van der Waals surface area (Å²) in [5.74, 6) is -0.133. The van der Waals surface area contributed by atoms with Gasteiger partial charge in [0.25, 0.3) is 0 Å². The molecule has 1 N–H and O–H groups in total. The van der Waals surface area contributed by atoms with Gasteiger partial charge in [-0.15, -0.1) is 0 Å². The molecule has 0 aromatic rings. The molecule has 0 radical (unpaired) electrons. The van der Waals surface area contributed by atoms with Crippen LogP contribution in [0.5, 0.6) is 0 Å². The van der Waals surface area contributed by atoms with E-state index in [1.54, 1.807) is 20.1 Å². The monoisotopic (exact) mass is 214 g/mol. The Morgan fingerprint density at radius 2 is 2.40 bits per heavy atom. The largest absolute Gasteiger partial charge is 0.466 e. The van der Waals surface area contributed by atoms with E-state index in [9.17, 15) is 4.79 Å². The zero-order chi connectivity index (χ0) is 11.9. The molecule has 0 aromatic carbocycles. The lowest BCUT2D eigenvalue weighted by Gasteiger charge is -1.98. The summed E-state index contributed by atoms with van der Waals surface area (Å²) in [5.41, 5.74) is 7.44. The van der Waals surface area contributed by atoms with E-state index in [1.807, 2.05) is 0 Å². The van der Waals surface area contributed by atoms with Crippen molar-refractivity contribution in [3.8, 4) is 12.5 Å². The minimum atomic E-state index is -0.133. The number of hydrogen-bond donors (Lipinski definition) is 1. The topological polar surface area (TPSA) is 96.3 Å². The molecule has 0 aromatic heterocycles. The molecule has 0 atom stereocenters. The fraction of sp³-hybridized carbons (Fsp3) is 0.625. The molecule has 0 aliphatic heterocycles. The van der Waals surface area contributed by atoms with Crippen LogP contribution in [0.25, 0.3) is 10.4 Å². The van der Waals surface area contributed by atoms with Gasteiger partial charge in [-0.25, -0.2) is 0 Å². The van der Waals surface area contributed by atoms with Gasteiger partial charge in [-0.3, -0.25) is 4.79 Å². The van der Waals surface area contributed by atoms with Gasteiger partial charge in [0.2, 0.25) is 0 Å². The molecule has 0 amide bonds. The van der Waals surface area contributed by atoms with E-state index >= 15 is 0 Å². The fourth-order valence-corrected chi connectivity index (χ4v) is 0.502. The highest BCUT2D eigenvalue weighted by molar-refractivity contribution is 5.69. The number of ether oxygens (including phenoxy) is 1. The maximum Gasteiger partial charge on any atom is 0.307 e. The van der Waals surface area contributed by atoms with Crippen LogP contribution in [0.1, 0.15) is 13.3 Å². The second kappa shape index (κ2) is 14.6. The quantitative estimate of drug-likeness (QED) is 0.184. The maximum absolute atomic E-state index is 10.5. The van der Waals surface area contributed by atoms with Crippen LogP contribution in [0.3, 0.4) is 0 Å². The van der Waals surface area contributed by atoms with Crippen molar-refractivity contribution >= 4 is 5.97 Å². The first-order valence-corrected chi connectivity index (χ1v) is 4.19. The summed E-state index contributed by atoms with van der Waals surface area (Å²) in [5, 5.41) is 5.39. The number of azide groups is 1. The third-order valence-electron chi connectivity index (χ3n) is 1.01. The summed E-state index contributed by atoms with van der Waals surface area (Å²) < 4.78 is 4.66. The number of rotatable bonds is 5. The van der Waals surface area contributed by atoms with Gasteiger partial charge in [0.15, 0.2) is 0 Å². The second-order valence-electron chi connectivity index (χ2n) is 2.04. The normalized spacial score (nSPS) is 7.27. The van der Waals surface area contributed by atoms with Crippen molar-refractivity contribution in [1.82, 2.24) is 5.32 Å². The van der Waals surface area contributed by atoms with Crippen molar-refractivity contribution in [2.24, 2.45) is 5.28 Å². The van der Waals surface area contributed by atoms with Gasteiger partial charge in [-0.1, -0.05) is 6.42 Å². The molecule has 0 saturated heterocycles.